The van der Waals surface area contributed by atoms with Crippen LogP contribution in [0.2, 0.25) is 0 Å². The van der Waals surface area contributed by atoms with E-state index in [1.54, 1.807) is 24.3 Å². The average Bonchev–Trinajstić information content (AvgIpc) is 2.61. The van der Waals surface area contributed by atoms with Crippen molar-refractivity contribution in [2.24, 2.45) is 0 Å². The van der Waals surface area contributed by atoms with E-state index in [0.717, 1.165) is 16.1 Å². The third-order valence-corrected chi connectivity index (χ3v) is 4.79. The van der Waals surface area contributed by atoms with Crippen LogP contribution in [-0.4, -0.2) is 17.1 Å². The quantitative estimate of drug-likeness (QED) is 0.867. The van der Waals surface area contributed by atoms with Crippen LogP contribution in [0.15, 0.2) is 53.4 Å². The molecule has 1 unspecified atom stereocenters. The number of thioether (sulfide) groups is 1. The van der Waals surface area contributed by atoms with Gasteiger partial charge in [0.05, 0.1) is 29.0 Å². The third kappa shape index (κ3) is 3.76. The van der Waals surface area contributed by atoms with Gasteiger partial charge in [-0.15, -0.1) is 11.8 Å². The van der Waals surface area contributed by atoms with Crippen LogP contribution in [-0.2, 0) is 20.9 Å². The number of hydrogen-bond donors (Lipinski definition) is 1. The molecule has 0 fully saturated rings. The minimum Gasteiger partial charge on any atom is -0.461 e. The van der Waals surface area contributed by atoms with Crippen molar-refractivity contribution in [2.45, 2.75) is 23.2 Å². The van der Waals surface area contributed by atoms with Crippen LogP contribution in [0.4, 0.5) is 5.69 Å². The number of para-hydroxylation sites is 1. The van der Waals surface area contributed by atoms with E-state index >= 15 is 0 Å². The number of nitrogens with zero attached hydrogens (tertiary/aromatic N) is 1. The molecule has 6 heteroatoms. The van der Waals surface area contributed by atoms with Crippen LogP contribution in [0.25, 0.3) is 0 Å². The van der Waals surface area contributed by atoms with Crippen molar-refractivity contribution in [3.8, 4) is 6.07 Å². The number of benzene rings is 2. The number of carbonyl (C=O) groups is 2. The molecule has 0 bridgehead atoms. The number of esters is 1. The fraction of sp³-hybridized carbons (Fsp3) is 0.167. The van der Waals surface area contributed by atoms with Gasteiger partial charge in [0.1, 0.15) is 6.61 Å². The van der Waals surface area contributed by atoms with Crippen LogP contribution in [0.3, 0.4) is 0 Å². The highest BCUT2D eigenvalue weighted by molar-refractivity contribution is 8.01. The van der Waals surface area contributed by atoms with Gasteiger partial charge in [0.2, 0.25) is 5.91 Å². The monoisotopic (exact) mass is 338 g/mol. The number of nitriles is 1. The Morgan fingerprint density at radius 1 is 1.25 bits per heavy atom. The Balaban J connectivity index is 1.57. The first kappa shape index (κ1) is 16.1. The van der Waals surface area contributed by atoms with Crippen molar-refractivity contribution >= 4 is 29.3 Å². The highest BCUT2D eigenvalue weighted by atomic mass is 32.2. The first-order chi connectivity index (χ1) is 11.7. The largest absolute Gasteiger partial charge is 0.461 e. The molecule has 1 heterocycles. The zero-order valence-electron chi connectivity index (χ0n) is 12.7. The maximum absolute atomic E-state index is 12.1. The third-order valence-electron chi connectivity index (χ3n) is 3.51. The summed E-state index contributed by atoms with van der Waals surface area (Å²) in [7, 11) is 0. The molecule has 0 radical (unpaired) electrons. The fourth-order valence-electron chi connectivity index (χ4n) is 2.33. The standard InChI is InChI=1S/C18H14N2O3S/c19-10-12-4-3-5-13(8-12)11-23-17(21)9-16-18(22)20-14-6-1-2-7-15(14)24-16/h1-8,16H,9,11H2,(H,20,22). The number of anilines is 1. The second-order valence-corrected chi connectivity index (χ2v) is 6.51. The van der Waals surface area contributed by atoms with Gasteiger partial charge in [0.15, 0.2) is 0 Å². The van der Waals surface area contributed by atoms with Crippen LogP contribution < -0.4 is 5.32 Å². The Hall–Kier alpha value is -2.78. The number of hydrogen-bond acceptors (Lipinski definition) is 5. The summed E-state index contributed by atoms with van der Waals surface area (Å²) < 4.78 is 5.22. The van der Waals surface area contributed by atoms with E-state index in [9.17, 15) is 9.59 Å². The molecule has 24 heavy (non-hydrogen) atoms. The number of fused-ring (bicyclic) bond motifs is 1. The van der Waals surface area contributed by atoms with Crippen molar-refractivity contribution in [2.75, 3.05) is 5.32 Å². The maximum Gasteiger partial charge on any atom is 0.307 e. The zero-order chi connectivity index (χ0) is 16.9. The Labute approximate surface area is 143 Å². The summed E-state index contributed by atoms with van der Waals surface area (Å²) in [6.45, 7) is 0.0872. The van der Waals surface area contributed by atoms with Gasteiger partial charge in [-0.1, -0.05) is 24.3 Å². The summed E-state index contributed by atoms with van der Waals surface area (Å²) in [5.41, 5.74) is 2.03. The lowest BCUT2D eigenvalue weighted by atomic mass is 10.1. The SMILES string of the molecule is N#Cc1cccc(COC(=O)CC2Sc3ccccc3NC2=O)c1. The van der Waals surface area contributed by atoms with E-state index in [1.165, 1.54) is 11.8 Å². The number of carbonyl (C=O) groups excluding carboxylic acids is 2. The summed E-state index contributed by atoms with van der Waals surface area (Å²) in [5, 5.41) is 11.2. The number of ether oxygens (including phenoxy) is 1. The van der Waals surface area contributed by atoms with E-state index in [2.05, 4.69) is 5.32 Å². The lowest BCUT2D eigenvalue weighted by Crippen LogP contribution is -2.31. The van der Waals surface area contributed by atoms with Gasteiger partial charge >= 0.3 is 5.97 Å². The Kier molecular flexibility index (Phi) is 4.82. The van der Waals surface area contributed by atoms with Gasteiger partial charge in [0, 0.05) is 4.90 Å². The van der Waals surface area contributed by atoms with E-state index in [4.69, 9.17) is 10.00 Å². The van der Waals surface area contributed by atoms with Crippen molar-refractivity contribution in [3.05, 3.63) is 59.7 Å². The van der Waals surface area contributed by atoms with Gasteiger partial charge < -0.3 is 10.1 Å². The second-order valence-electron chi connectivity index (χ2n) is 5.27. The fourth-order valence-corrected chi connectivity index (χ4v) is 3.43. The Morgan fingerprint density at radius 2 is 2.08 bits per heavy atom. The Bertz CT molecular complexity index is 829. The molecule has 5 nitrogen and oxygen atoms in total. The van der Waals surface area contributed by atoms with Crippen molar-refractivity contribution in [1.82, 2.24) is 0 Å². The summed E-state index contributed by atoms with van der Waals surface area (Å²) >= 11 is 1.37. The molecule has 0 saturated heterocycles. The molecule has 1 aliphatic rings. The molecule has 1 aliphatic heterocycles. The van der Waals surface area contributed by atoms with E-state index in [1.807, 2.05) is 30.3 Å². The van der Waals surface area contributed by atoms with Crippen molar-refractivity contribution < 1.29 is 14.3 Å². The summed E-state index contributed by atoms with van der Waals surface area (Å²) in [5.74, 6) is -0.633. The molecule has 0 spiro atoms. The van der Waals surface area contributed by atoms with Crippen molar-refractivity contribution in [3.63, 3.8) is 0 Å². The predicted octanol–water partition coefficient (Wildman–Crippen LogP) is 3.10. The van der Waals surface area contributed by atoms with Gasteiger partial charge in [-0.3, -0.25) is 9.59 Å². The average molecular weight is 338 g/mol. The first-order valence-electron chi connectivity index (χ1n) is 7.37. The molecular formula is C18H14N2O3S. The molecule has 3 rings (SSSR count). The summed E-state index contributed by atoms with van der Waals surface area (Å²) in [6.07, 6.45) is 0.00275. The molecule has 2 aromatic carbocycles. The lowest BCUT2D eigenvalue weighted by molar-refractivity contribution is -0.145. The number of nitrogens with one attached hydrogen (secondary N) is 1. The molecule has 1 amide bonds. The molecule has 0 saturated carbocycles. The highest BCUT2D eigenvalue weighted by Gasteiger charge is 2.29. The van der Waals surface area contributed by atoms with Gasteiger partial charge in [-0.2, -0.15) is 5.26 Å². The minimum absolute atomic E-state index is 0.00275. The van der Waals surface area contributed by atoms with Crippen molar-refractivity contribution in [1.29, 1.82) is 5.26 Å². The zero-order valence-corrected chi connectivity index (χ0v) is 13.5. The molecule has 0 aromatic heterocycles. The van der Waals surface area contributed by atoms with Crippen LogP contribution in [0.5, 0.6) is 0 Å². The molecular weight excluding hydrogens is 324 g/mol. The predicted molar refractivity (Wildman–Crippen MR) is 90.3 cm³/mol. The smallest absolute Gasteiger partial charge is 0.307 e. The maximum atomic E-state index is 12.1. The normalized spacial score (nSPS) is 15.8. The van der Waals surface area contributed by atoms with E-state index in [-0.39, 0.29) is 18.9 Å². The highest BCUT2D eigenvalue weighted by Crippen LogP contribution is 2.36. The summed E-state index contributed by atoms with van der Waals surface area (Å²) in [4.78, 5) is 25.0. The molecule has 1 N–H and O–H groups in total. The molecule has 1 atom stereocenters. The van der Waals surface area contributed by atoms with Gasteiger partial charge in [-0.05, 0) is 29.8 Å². The second kappa shape index (κ2) is 7.20. The molecule has 120 valence electrons. The van der Waals surface area contributed by atoms with Crippen LogP contribution >= 0.6 is 11.8 Å². The molecule has 0 aliphatic carbocycles. The summed E-state index contributed by atoms with van der Waals surface area (Å²) in [6, 6.07) is 16.4. The van der Waals surface area contributed by atoms with E-state index in [0.29, 0.717) is 5.56 Å². The topological polar surface area (TPSA) is 79.2 Å². The number of rotatable bonds is 4. The van der Waals surface area contributed by atoms with Crippen LogP contribution in [0, 0.1) is 11.3 Å². The molecule has 2 aromatic rings. The van der Waals surface area contributed by atoms with Crippen LogP contribution in [0.1, 0.15) is 17.5 Å². The van der Waals surface area contributed by atoms with Gasteiger partial charge in [0.25, 0.3) is 0 Å². The Morgan fingerprint density at radius 3 is 2.92 bits per heavy atom. The first-order valence-corrected chi connectivity index (χ1v) is 8.25. The number of amides is 1. The van der Waals surface area contributed by atoms with E-state index < -0.39 is 11.2 Å². The van der Waals surface area contributed by atoms with Gasteiger partial charge in [-0.25, -0.2) is 0 Å². The minimum atomic E-state index is -0.502. The lowest BCUT2D eigenvalue weighted by Gasteiger charge is -2.23.